The Labute approximate surface area is 111 Å². The average molecular weight is 285 g/mol. The van der Waals surface area contributed by atoms with Crippen LogP contribution >= 0.6 is 0 Å². The number of sulfone groups is 1. The van der Waals surface area contributed by atoms with Gasteiger partial charge in [0.2, 0.25) is 0 Å². The minimum absolute atomic E-state index is 0.107. The molecule has 0 spiro atoms. The number of nitro groups is 1. The average Bonchev–Trinajstić information content (AvgIpc) is 2.39. The largest absolute Gasteiger partial charge is 0.293 e. The Hall–Kier alpha value is -1.76. The molecule has 0 bridgehead atoms. The second kappa shape index (κ2) is 5.92. The summed E-state index contributed by atoms with van der Waals surface area (Å²) in [5.41, 5.74) is 0.0393. The van der Waals surface area contributed by atoms with Gasteiger partial charge in [0.25, 0.3) is 5.69 Å². The Balaban J connectivity index is 3.08. The van der Waals surface area contributed by atoms with E-state index >= 15 is 0 Å². The molecule has 0 aliphatic rings. The van der Waals surface area contributed by atoms with Crippen molar-refractivity contribution in [3.05, 3.63) is 39.9 Å². The number of ketones is 1. The van der Waals surface area contributed by atoms with Gasteiger partial charge in [-0.2, -0.15) is 0 Å². The van der Waals surface area contributed by atoms with Gasteiger partial charge in [-0.15, -0.1) is 0 Å². The lowest BCUT2D eigenvalue weighted by Gasteiger charge is -2.13. The summed E-state index contributed by atoms with van der Waals surface area (Å²) in [5.74, 6) is -0.622. The predicted molar refractivity (Wildman–Crippen MR) is 71.0 cm³/mol. The summed E-state index contributed by atoms with van der Waals surface area (Å²) in [5, 5.41) is 9.42. The molecular formula is C12H15NO5S. The van der Waals surface area contributed by atoms with E-state index in [1.165, 1.54) is 31.2 Å². The third kappa shape index (κ3) is 3.37. The summed E-state index contributed by atoms with van der Waals surface area (Å²) in [6, 6.07) is 4.96. The van der Waals surface area contributed by atoms with E-state index < -0.39 is 25.8 Å². The van der Waals surface area contributed by atoms with E-state index in [4.69, 9.17) is 0 Å². The van der Waals surface area contributed by atoms with E-state index in [1.807, 2.05) is 0 Å². The van der Waals surface area contributed by atoms with Crippen molar-refractivity contribution in [3.8, 4) is 0 Å². The number of hydrogen-bond acceptors (Lipinski definition) is 5. The molecule has 0 aliphatic heterocycles. The summed E-state index contributed by atoms with van der Waals surface area (Å²) in [4.78, 5) is 22.0. The van der Waals surface area contributed by atoms with Gasteiger partial charge < -0.3 is 0 Å². The van der Waals surface area contributed by atoms with Crippen molar-refractivity contribution in [2.24, 2.45) is 0 Å². The topological polar surface area (TPSA) is 94.3 Å². The second-order valence-electron chi connectivity index (χ2n) is 4.02. The smallest absolute Gasteiger partial charge is 0.269 e. The Morgan fingerprint density at radius 1 is 1.26 bits per heavy atom. The zero-order valence-electron chi connectivity index (χ0n) is 10.7. The minimum Gasteiger partial charge on any atom is -0.293 e. The van der Waals surface area contributed by atoms with Crippen molar-refractivity contribution >= 4 is 21.3 Å². The fourth-order valence-electron chi connectivity index (χ4n) is 1.74. The Bertz CT molecular complexity index is 577. The quantitative estimate of drug-likeness (QED) is 0.452. The van der Waals surface area contributed by atoms with Gasteiger partial charge in [-0.05, 0) is 18.6 Å². The molecule has 0 aliphatic carbocycles. The van der Waals surface area contributed by atoms with E-state index in [1.54, 1.807) is 6.92 Å². The van der Waals surface area contributed by atoms with Crippen molar-refractivity contribution in [2.75, 3.05) is 5.75 Å². The van der Waals surface area contributed by atoms with Crippen LogP contribution in [0.2, 0.25) is 0 Å². The molecule has 0 unspecified atom stereocenters. The summed E-state index contributed by atoms with van der Waals surface area (Å²) >= 11 is 0. The van der Waals surface area contributed by atoms with Crippen molar-refractivity contribution in [2.45, 2.75) is 25.5 Å². The Kier molecular flexibility index (Phi) is 4.77. The number of Topliss-reactive ketones (excluding diaryl/α,β-unsaturated/α-hetero) is 1. The highest BCUT2D eigenvalue weighted by Gasteiger charge is 2.30. The van der Waals surface area contributed by atoms with E-state index in [0.717, 1.165) is 0 Å². The highest BCUT2D eigenvalue weighted by atomic mass is 32.2. The number of hydrogen-bond donors (Lipinski definition) is 0. The standard InChI is InChI=1S/C12H15NO5S/c1-3-11(19(17,18)4-2)12(14)9-5-7-10(8-6-9)13(15)16/h5-8,11H,3-4H2,1-2H3/t11-/m0/s1. The van der Waals surface area contributed by atoms with Crippen LogP contribution in [0.3, 0.4) is 0 Å². The molecule has 1 rings (SSSR count). The minimum atomic E-state index is -3.47. The molecule has 0 radical (unpaired) electrons. The van der Waals surface area contributed by atoms with Crippen LogP contribution in [0, 0.1) is 10.1 Å². The third-order valence-corrected chi connectivity index (χ3v) is 5.08. The van der Waals surface area contributed by atoms with E-state index in [9.17, 15) is 23.3 Å². The summed E-state index contributed by atoms with van der Waals surface area (Å²) in [6.07, 6.45) is 0.187. The fraction of sp³-hybridized carbons (Fsp3) is 0.417. The Morgan fingerprint density at radius 3 is 2.16 bits per heavy atom. The fourth-order valence-corrected chi connectivity index (χ4v) is 3.11. The van der Waals surface area contributed by atoms with Gasteiger partial charge in [0.1, 0.15) is 5.25 Å². The highest BCUT2D eigenvalue weighted by Crippen LogP contribution is 2.17. The summed E-state index contributed by atoms with van der Waals surface area (Å²) in [7, 11) is -3.47. The highest BCUT2D eigenvalue weighted by molar-refractivity contribution is 7.92. The first-order chi connectivity index (χ1) is 8.83. The molecule has 7 heteroatoms. The molecule has 0 saturated heterocycles. The van der Waals surface area contributed by atoms with Gasteiger partial charge in [0, 0.05) is 23.4 Å². The molecular weight excluding hydrogens is 270 g/mol. The molecule has 6 nitrogen and oxygen atoms in total. The first kappa shape index (κ1) is 15.3. The zero-order valence-corrected chi connectivity index (χ0v) is 11.5. The van der Waals surface area contributed by atoms with Crippen LogP contribution in [0.1, 0.15) is 30.6 Å². The molecule has 1 atom stereocenters. The van der Waals surface area contributed by atoms with Crippen LogP contribution in [0.5, 0.6) is 0 Å². The monoisotopic (exact) mass is 285 g/mol. The molecule has 19 heavy (non-hydrogen) atoms. The van der Waals surface area contributed by atoms with Gasteiger partial charge in [-0.25, -0.2) is 8.42 Å². The van der Waals surface area contributed by atoms with Gasteiger partial charge in [0.05, 0.1) is 4.92 Å². The van der Waals surface area contributed by atoms with Crippen molar-refractivity contribution in [3.63, 3.8) is 0 Å². The second-order valence-corrected chi connectivity index (χ2v) is 6.49. The molecule has 0 fully saturated rings. The SMILES string of the molecule is CC[C@@H](C(=O)c1ccc([N+](=O)[O-])cc1)S(=O)(=O)CC. The van der Waals surface area contributed by atoms with E-state index in [0.29, 0.717) is 0 Å². The van der Waals surface area contributed by atoms with Crippen molar-refractivity contribution in [1.82, 2.24) is 0 Å². The summed E-state index contributed by atoms with van der Waals surface area (Å²) < 4.78 is 23.6. The van der Waals surface area contributed by atoms with E-state index in [-0.39, 0.29) is 23.4 Å². The predicted octanol–water partition coefficient (Wildman–Crippen LogP) is 1.99. The van der Waals surface area contributed by atoms with Crippen LogP contribution in [0.25, 0.3) is 0 Å². The maximum atomic E-state index is 12.1. The zero-order chi connectivity index (χ0) is 14.6. The molecule has 104 valence electrons. The van der Waals surface area contributed by atoms with Gasteiger partial charge in [0.15, 0.2) is 15.6 Å². The van der Waals surface area contributed by atoms with Crippen molar-refractivity contribution < 1.29 is 18.1 Å². The lowest BCUT2D eigenvalue weighted by atomic mass is 10.1. The first-order valence-corrected chi connectivity index (χ1v) is 7.55. The lowest BCUT2D eigenvalue weighted by molar-refractivity contribution is -0.384. The molecule has 0 saturated carbocycles. The Morgan fingerprint density at radius 2 is 1.79 bits per heavy atom. The number of nitro benzene ring substituents is 1. The van der Waals surface area contributed by atoms with Crippen LogP contribution in [0.4, 0.5) is 5.69 Å². The van der Waals surface area contributed by atoms with Crippen LogP contribution in [-0.4, -0.2) is 30.1 Å². The van der Waals surface area contributed by atoms with Crippen LogP contribution < -0.4 is 0 Å². The third-order valence-electron chi connectivity index (χ3n) is 2.86. The number of carbonyl (C=O) groups is 1. The molecule has 0 aromatic heterocycles. The number of rotatable bonds is 6. The molecule has 0 N–H and O–H groups in total. The van der Waals surface area contributed by atoms with Crippen molar-refractivity contribution in [1.29, 1.82) is 0 Å². The van der Waals surface area contributed by atoms with Crippen LogP contribution in [0.15, 0.2) is 24.3 Å². The molecule has 0 amide bonds. The maximum absolute atomic E-state index is 12.1. The van der Waals surface area contributed by atoms with Gasteiger partial charge in [-0.1, -0.05) is 13.8 Å². The number of benzene rings is 1. The van der Waals surface area contributed by atoms with Gasteiger partial charge >= 0.3 is 0 Å². The molecule has 1 aromatic rings. The number of carbonyl (C=O) groups excluding carboxylic acids is 1. The van der Waals surface area contributed by atoms with E-state index in [2.05, 4.69) is 0 Å². The van der Waals surface area contributed by atoms with Gasteiger partial charge in [-0.3, -0.25) is 14.9 Å². The lowest BCUT2D eigenvalue weighted by Crippen LogP contribution is -2.31. The molecule has 1 aromatic carbocycles. The normalized spacial score (nSPS) is 12.9. The molecule has 0 heterocycles. The first-order valence-electron chi connectivity index (χ1n) is 5.83. The summed E-state index contributed by atoms with van der Waals surface area (Å²) in [6.45, 7) is 3.11. The number of non-ortho nitro benzene ring substituents is 1. The maximum Gasteiger partial charge on any atom is 0.269 e. The number of nitrogens with zero attached hydrogens (tertiary/aromatic N) is 1. The van der Waals surface area contributed by atoms with Crippen LogP contribution in [-0.2, 0) is 9.84 Å².